The third-order valence-corrected chi connectivity index (χ3v) is 5.04. The summed E-state index contributed by atoms with van der Waals surface area (Å²) < 4.78 is 1.84. The third kappa shape index (κ3) is 4.32. The van der Waals surface area contributed by atoms with Gasteiger partial charge in [-0.25, -0.2) is 9.97 Å². The van der Waals surface area contributed by atoms with Crippen LogP contribution >= 0.6 is 0 Å². The number of aromatic amines is 1. The number of amides is 2. The molecular weight excluding hydrogens is 374 g/mol. The van der Waals surface area contributed by atoms with Gasteiger partial charge < -0.3 is 20.3 Å². The number of aromatic nitrogens is 5. The van der Waals surface area contributed by atoms with Gasteiger partial charge in [0.1, 0.15) is 12.2 Å². The third-order valence-electron chi connectivity index (χ3n) is 5.04. The highest BCUT2D eigenvalue weighted by atomic mass is 16.3. The van der Waals surface area contributed by atoms with E-state index in [1.807, 2.05) is 22.9 Å². The van der Waals surface area contributed by atoms with Crippen molar-refractivity contribution in [1.82, 2.24) is 35.4 Å². The fourth-order valence-corrected chi connectivity index (χ4v) is 3.46. The molecule has 1 fully saturated rings. The first-order valence-corrected chi connectivity index (χ1v) is 9.29. The van der Waals surface area contributed by atoms with Crippen LogP contribution in [0.5, 0.6) is 0 Å². The molecular formula is C19H21N7O3. The van der Waals surface area contributed by atoms with Crippen molar-refractivity contribution < 1.29 is 14.7 Å². The van der Waals surface area contributed by atoms with Crippen LogP contribution < -0.4 is 10.6 Å². The van der Waals surface area contributed by atoms with Gasteiger partial charge in [-0.05, 0) is 37.1 Å². The van der Waals surface area contributed by atoms with E-state index in [2.05, 4.69) is 30.8 Å². The molecule has 0 bridgehead atoms. The summed E-state index contributed by atoms with van der Waals surface area (Å²) in [5.41, 5.74) is 1.38. The number of carbonyl (C=O) groups excluding carboxylic acids is 2. The number of aliphatic hydroxyl groups is 1. The smallest absolute Gasteiger partial charge is 0.251 e. The molecule has 10 nitrogen and oxygen atoms in total. The molecule has 3 aromatic rings. The van der Waals surface area contributed by atoms with E-state index < -0.39 is 12.1 Å². The second-order valence-electron chi connectivity index (χ2n) is 6.98. The Hall–Kier alpha value is -3.53. The maximum Gasteiger partial charge on any atom is 0.251 e. The van der Waals surface area contributed by atoms with Crippen LogP contribution in [-0.2, 0) is 11.3 Å². The molecule has 0 saturated heterocycles. The van der Waals surface area contributed by atoms with Gasteiger partial charge in [-0.1, -0.05) is 0 Å². The molecule has 0 spiro atoms. The number of nitrogens with one attached hydrogen (secondary N) is 3. The molecule has 1 aromatic carbocycles. The summed E-state index contributed by atoms with van der Waals surface area (Å²) in [5.74, 6) is -0.279. The molecule has 0 aliphatic heterocycles. The Bertz CT molecular complexity index is 954. The number of carbonyl (C=O) groups is 2. The summed E-state index contributed by atoms with van der Waals surface area (Å²) in [7, 11) is 0. The molecule has 29 heavy (non-hydrogen) atoms. The highest BCUT2D eigenvalue weighted by Crippen LogP contribution is 2.26. The minimum atomic E-state index is -0.773. The zero-order chi connectivity index (χ0) is 20.2. The summed E-state index contributed by atoms with van der Waals surface area (Å²) in [4.78, 5) is 32.8. The van der Waals surface area contributed by atoms with Crippen molar-refractivity contribution >= 4 is 11.8 Å². The zero-order valence-electron chi connectivity index (χ0n) is 15.5. The Morgan fingerprint density at radius 1 is 1.24 bits per heavy atom. The minimum absolute atomic E-state index is 0.179. The highest BCUT2D eigenvalue weighted by Gasteiger charge is 2.37. The first kappa shape index (κ1) is 18.8. The molecule has 0 radical (unpaired) electrons. The van der Waals surface area contributed by atoms with E-state index in [1.54, 1.807) is 24.7 Å². The predicted molar refractivity (Wildman–Crippen MR) is 102 cm³/mol. The normalized spacial score (nSPS) is 21.1. The van der Waals surface area contributed by atoms with Gasteiger partial charge >= 0.3 is 0 Å². The van der Waals surface area contributed by atoms with Crippen LogP contribution in [0.2, 0.25) is 0 Å². The topological polar surface area (TPSA) is 138 Å². The summed E-state index contributed by atoms with van der Waals surface area (Å²) in [6, 6.07) is 6.60. The molecule has 4 rings (SSSR count). The van der Waals surface area contributed by atoms with Crippen LogP contribution in [0.25, 0.3) is 5.69 Å². The van der Waals surface area contributed by atoms with Gasteiger partial charge in [0.15, 0.2) is 0 Å². The molecule has 4 N–H and O–H groups in total. The molecule has 2 amide bonds. The zero-order valence-corrected chi connectivity index (χ0v) is 15.5. The van der Waals surface area contributed by atoms with Gasteiger partial charge in [0, 0.05) is 29.6 Å². The molecule has 3 atom stereocenters. The Kier molecular flexibility index (Phi) is 5.34. The van der Waals surface area contributed by atoms with Gasteiger partial charge in [-0.3, -0.25) is 14.7 Å². The predicted octanol–water partition coefficient (Wildman–Crippen LogP) is 0.176. The van der Waals surface area contributed by atoms with Crippen LogP contribution in [0.4, 0.5) is 0 Å². The van der Waals surface area contributed by atoms with Crippen molar-refractivity contribution in [1.29, 1.82) is 0 Å². The Morgan fingerprint density at radius 3 is 2.76 bits per heavy atom. The number of imidazole rings is 1. The second kappa shape index (κ2) is 8.23. The van der Waals surface area contributed by atoms with E-state index in [-0.39, 0.29) is 24.3 Å². The van der Waals surface area contributed by atoms with Crippen molar-refractivity contribution in [2.75, 3.05) is 0 Å². The van der Waals surface area contributed by atoms with E-state index in [4.69, 9.17) is 0 Å². The fourth-order valence-electron chi connectivity index (χ4n) is 3.46. The molecule has 0 unspecified atom stereocenters. The van der Waals surface area contributed by atoms with Gasteiger partial charge in [-0.2, -0.15) is 5.10 Å². The van der Waals surface area contributed by atoms with Gasteiger partial charge in [0.05, 0.1) is 25.0 Å². The average Bonchev–Trinajstić information content (AvgIpc) is 3.49. The maximum absolute atomic E-state index is 12.5. The van der Waals surface area contributed by atoms with E-state index in [0.717, 1.165) is 5.69 Å². The van der Waals surface area contributed by atoms with Crippen LogP contribution in [-0.4, -0.2) is 53.8 Å². The van der Waals surface area contributed by atoms with Crippen LogP contribution in [0.15, 0.2) is 49.3 Å². The summed E-state index contributed by atoms with van der Waals surface area (Å²) >= 11 is 0. The Balaban J connectivity index is 1.31. The van der Waals surface area contributed by atoms with Gasteiger partial charge in [-0.15, -0.1) is 0 Å². The molecule has 2 heterocycles. The van der Waals surface area contributed by atoms with Crippen molar-refractivity contribution in [2.45, 2.75) is 31.5 Å². The van der Waals surface area contributed by atoms with E-state index >= 15 is 0 Å². The van der Waals surface area contributed by atoms with E-state index in [1.165, 1.54) is 6.33 Å². The summed E-state index contributed by atoms with van der Waals surface area (Å²) in [6.45, 7) is 0.242. The number of hydrogen-bond acceptors (Lipinski definition) is 6. The highest BCUT2D eigenvalue weighted by molar-refractivity contribution is 5.94. The number of H-pyrrole nitrogens is 1. The Labute approximate surface area is 166 Å². The average molecular weight is 395 g/mol. The standard InChI is InChI=1S/C19H21N7O3/c27-16-8-13(18(28)21-9-17-22-10-23-25-17)7-15(16)24-19(29)12-1-3-14(4-2-12)26-6-5-20-11-26/h1-6,10-11,13,15-16,27H,7-9H2,(H,21,28)(H,24,29)(H,22,23,25)/t13-,15+,16+/m0/s1. The number of aliphatic hydroxyl groups excluding tert-OH is 1. The van der Waals surface area contributed by atoms with Crippen LogP contribution in [0, 0.1) is 5.92 Å². The van der Waals surface area contributed by atoms with E-state index in [9.17, 15) is 14.7 Å². The van der Waals surface area contributed by atoms with Crippen molar-refractivity contribution in [3.05, 3.63) is 60.7 Å². The number of rotatable bonds is 6. The molecule has 10 heteroatoms. The lowest BCUT2D eigenvalue weighted by molar-refractivity contribution is -0.125. The molecule has 2 aromatic heterocycles. The minimum Gasteiger partial charge on any atom is -0.391 e. The Morgan fingerprint density at radius 2 is 2.07 bits per heavy atom. The number of benzene rings is 1. The first-order chi connectivity index (χ1) is 14.1. The van der Waals surface area contributed by atoms with E-state index in [0.29, 0.717) is 24.2 Å². The fraction of sp³-hybridized carbons (Fsp3) is 0.316. The molecule has 1 aliphatic carbocycles. The summed E-state index contributed by atoms with van der Waals surface area (Å²) in [5, 5.41) is 22.3. The molecule has 1 saturated carbocycles. The second-order valence-corrected chi connectivity index (χ2v) is 6.98. The monoisotopic (exact) mass is 395 g/mol. The SMILES string of the molecule is O=C(N[C@@H]1C[C@H](C(=O)NCc2ncn[nH]2)C[C@H]1O)c1ccc(-n2ccnc2)cc1. The number of hydrogen-bond donors (Lipinski definition) is 4. The first-order valence-electron chi connectivity index (χ1n) is 9.29. The lowest BCUT2D eigenvalue weighted by Gasteiger charge is -2.16. The van der Waals surface area contributed by atoms with Gasteiger partial charge in [0.25, 0.3) is 5.91 Å². The molecule has 150 valence electrons. The van der Waals surface area contributed by atoms with Crippen LogP contribution in [0.1, 0.15) is 29.0 Å². The number of nitrogens with zero attached hydrogens (tertiary/aromatic N) is 4. The van der Waals surface area contributed by atoms with Crippen molar-refractivity contribution in [3.8, 4) is 5.69 Å². The van der Waals surface area contributed by atoms with Crippen molar-refractivity contribution in [2.24, 2.45) is 5.92 Å². The maximum atomic E-state index is 12.5. The quantitative estimate of drug-likeness (QED) is 0.470. The van der Waals surface area contributed by atoms with Crippen molar-refractivity contribution in [3.63, 3.8) is 0 Å². The summed E-state index contributed by atoms with van der Waals surface area (Å²) in [6.07, 6.45) is 6.45. The lowest BCUT2D eigenvalue weighted by Crippen LogP contribution is -2.40. The van der Waals surface area contributed by atoms with Gasteiger partial charge in [0.2, 0.25) is 5.91 Å². The van der Waals surface area contributed by atoms with Crippen LogP contribution in [0.3, 0.4) is 0 Å². The largest absolute Gasteiger partial charge is 0.391 e. The molecule has 1 aliphatic rings. The lowest BCUT2D eigenvalue weighted by atomic mass is 10.1.